The second kappa shape index (κ2) is 7.46. The molecule has 2 aromatic heterocycles. The van der Waals surface area contributed by atoms with E-state index in [0.29, 0.717) is 30.0 Å². The van der Waals surface area contributed by atoms with E-state index in [1.54, 1.807) is 18.3 Å². The van der Waals surface area contributed by atoms with Gasteiger partial charge < -0.3 is 14.4 Å². The molecule has 29 heavy (non-hydrogen) atoms. The molecule has 6 nitrogen and oxygen atoms in total. The van der Waals surface area contributed by atoms with Gasteiger partial charge in [0.15, 0.2) is 5.82 Å². The van der Waals surface area contributed by atoms with Crippen molar-refractivity contribution in [2.75, 3.05) is 13.1 Å². The third-order valence-electron chi connectivity index (χ3n) is 5.79. The van der Waals surface area contributed by atoms with Crippen LogP contribution in [0.3, 0.4) is 0 Å². The van der Waals surface area contributed by atoms with Crippen LogP contribution in [-0.4, -0.2) is 39.0 Å². The highest BCUT2D eigenvalue weighted by molar-refractivity contribution is 5.94. The number of nitrogens with one attached hydrogen (secondary N) is 1. The van der Waals surface area contributed by atoms with E-state index in [-0.39, 0.29) is 11.7 Å². The number of aromatic amines is 1. The number of benzene rings is 1. The van der Waals surface area contributed by atoms with Gasteiger partial charge in [0.1, 0.15) is 11.5 Å². The molecule has 1 amide bonds. The second-order valence-electron chi connectivity index (χ2n) is 8.09. The van der Waals surface area contributed by atoms with Crippen LogP contribution >= 0.6 is 0 Å². The number of hydrogen-bond acceptors (Lipinski definition) is 4. The first-order valence-electron chi connectivity index (χ1n) is 10.2. The highest BCUT2D eigenvalue weighted by atomic mass is 19.1. The molecule has 3 heterocycles. The van der Waals surface area contributed by atoms with E-state index in [1.165, 1.54) is 12.1 Å². The normalized spacial score (nSPS) is 19.5. The minimum absolute atomic E-state index is 0.00717. The van der Waals surface area contributed by atoms with E-state index in [1.807, 2.05) is 11.0 Å². The summed E-state index contributed by atoms with van der Waals surface area (Å²) in [6, 6.07) is 8.10. The molecule has 1 aliphatic carbocycles. The Morgan fingerprint density at radius 1 is 1.21 bits per heavy atom. The molecule has 0 bridgehead atoms. The first-order valence-corrected chi connectivity index (χ1v) is 10.2. The molecule has 0 spiro atoms. The number of piperidine rings is 1. The van der Waals surface area contributed by atoms with Crippen LogP contribution in [0.15, 0.2) is 41.1 Å². The lowest BCUT2D eigenvalue weighted by Crippen LogP contribution is -2.40. The molecular weight excluding hydrogens is 371 g/mol. The zero-order valence-corrected chi connectivity index (χ0v) is 16.1. The van der Waals surface area contributed by atoms with E-state index in [9.17, 15) is 9.18 Å². The van der Waals surface area contributed by atoms with E-state index in [0.717, 1.165) is 55.6 Å². The number of H-pyrrole nitrogens is 1. The van der Waals surface area contributed by atoms with Crippen molar-refractivity contribution in [3.05, 3.63) is 59.8 Å². The topological polar surface area (TPSA) is 75.0 Å². The van der Waals surface area contributed by atoms with Gasteiger partial charge in [0, 0.05) is 31.6 Å². The summed E-state index contributed by atoms with van der Waals surface area (Å²) in [4.78, 5) is 22.5. The van der Waals surface area contributed by atoms with Crippen LogP contribution in [-0.2, 0) is 6.42 Å². The van der Waals surface area contributed by atoms with Crippen LogP contribution in [0.1, 0.15) is 53.8 Å². The summed E-state index contributed by atoms with van der Waals surface area (Å²) < 4.78 is 18.5. The van der Waals surface area contributed by atoms with E-state index >= 15 is 0 Å². The lowest BCUT2D eigenvalue weighted by atomic mass is 9.94. The van der Waals surface area contributed by atoms with Gasteiger partial charge >= 0.3 is 0 Å². The number of halogens is 1. The van der Waals surface area contributed by atoms with Crippen LogP contribution in [0.4, 0.5) is 4.39 Å². The van der Waals surface area contributed by atoms with E-state index in [2.05, 4.69) is 15.1 Å². The monoisotopic (exact) mass is 394 g/mol. The van der Waals surface area contributed by atoms with Gasteiger partial charge in [0.25, 0.3) is 5.91 Å². The van der Waals surface area contributed by atoms with Crippen molar-refractivity contribution in [1.29, 1.82) is 0 Å². The number of aromatic nitrogens is 3. The highest BCUT2D eigenvalue weighted by Gasteiger charge is 2.30. The third kappa shape index (κ3) is 3.95. The summed E-state index contributed by atoms with van der Waals surface area (Å²) in [5.41, 5.74) is 2.31. The van der Waals surface area contributed by atoms with Crippen molar-refractivity contribution in [3.63, 3.8) is 0 Å². The molecule has 1 N–H and O–H groups in total. The zero-order valence-electron chi connectivity index (χ0n) is 16.1. The first kappa shape index (κ1) is 18.1. The molecule has 1 aliphatic heterocycles. The van der Waals surface area contributed by atoms with Gasteiger partial charge in [-0.1, -0.05) is 17.3 Å². The molecule has 2 fully saturated rings. The minimum Gasteiger partial charge on any atom is -0.357 e. The summed E-state index contributed by atoms with van der Waals surface area (Å²) in [7, 11) is 0. The Hall–Kier alpha value is -2.96. The van der Waals surface area contributed by atoms with Crippen LogP contribution in [0.25, 0.3) is 11.1 Å². The Morgan fingerprint density at radius 3 is 2.83 bits per heavy atom. The fourth-order valence-corrected chi connectivity index (χ4v) is 4.02. The van der Waals surface area contributed by atoms with Crippen LogP contribution in [0, 0.1) is 11.7 Å². The van der Waals surface area contributed by atoms with Crippen molar-refractivity contribution < 1.29 is 13.7 Å². The second-order valence-corrected chi connectivity index (χ2v) is 8.09. The summed E-state index contributed by atoms with van der Waals surface area (Å²) in [5.74, 6) is 2.05. The quantitative estimate of drug-likeness (QED) is 0.705. The first-order chi connectivity index (χ1) is 14.2. The van der Waals surface area contributed by atoms with Gasteiger partial charge in [-0.25, -0.2) is 4.39 Å². The smallest absolute Gasteiger partial charge is 0.270 e. The molecule has 1 saturated carbocycles. The summed E-state index contributed by atoms with van der Waals surface area (Å²) >= 11 is 0. The molecule has 1 unspecified atom stereocenters. The van der Waals surface area contributed by atoms with Gasteiger partial charge in [0.2, 0.25) is 5.89 Å². The van der Waals surface area contributed by atoms with Gasteiger partial charge in [0.05, 0.1) is 0 Å². The molecule has 2 aliphatic rings. The van der Waals surface area contributed by atoms with Crippen molar-refractivity contribution in [1.82, 2.24) is 20.0 Å². The summed E-state index contributed by atoms with van der Waals surface area (Å²) in [5, 5.41) is 4.09. The molecular formula is C22H23FN4O2. The fourth-order valence-electron chi connectivity index (χ4n) is 4.02. The Kier molecular flexibility index (Phi) is 4.66. The Balaban J connectivity index is 1.24. The van der Waals surface area contributed by atoms with Gasteiger partial charge in [-0.3, -0.25) is 4.79 Å². The molecule has 1 aromatic carbocycles. The molecule has 150 valence electrons. The molecule has 1 saturated heterocycles. The molecule has 7 heteroatoms. The number of carbonyl (C=O) groups is 1. The van der Waals surface area contributed by atoms with E-state index in [4.69, 9.17) is 4.52 Å². The lowest BCUT2D eigenvalue weighted by molar-refractivity contribution is 0.0663. The maximum absolute atomic E-state index is 13.1. The minimum atomic E-state index is -0.273. The predicted octanol–water partition coefficient (Wildman–Crippen LogP) is 4.18. The maximum Gasteiger partial charge on any atom is 0.270 e. The van der Waals surface area contributed by atoms with Crippen molar-refractivity contribution in [3.8, 4) is 11.1 Å². The maximum atomic E-state index is 13.1. The van der Waals surface area contributed by atoms with Gasteiger partial charge in [-0.15, -0.1) is 0 Å². The average molecular weight is 394 g/mol. The standard InChI is InChI=1S/C22H23FN4O2/c23-18-7-5-15(6-8-18)17-11-19(24-12-17)22(28)27-9-1-2-14(13-27)10-20-25-21(26-29-20)16-3-4-16/h5-8,11-12,14,16,24H,1-4,9-10,13H2. The number of amides is 1. The average Bonchev–Trinajstić information content (AvgIpc) is 3.28. The third-order valence-corrected chi connectivity index (χ3v) is 5.79. The van der Waals surface area contributed by atoms with Crippen molar-refractivity contribution in [2.45, 2.75) is 38.0 Å². The molecule has 1 atom stereocenters. The van der Waals surface area contributed by atoms with Gasteiger partial charge in [-0.05, 0) is 60.9 Å². The van der Waals surface area contributed by atoms with Crippen LogP contribution < -0.4 is 0 Å². The number of rotatable bonds is 5. The Labute approximate surface area is 168 Å². The Bertz CT molecular complexity index is 1010. The number of nitrogens with zero attached hydrogens (tertiary/aromatic N) is 3. The summed E-state index contributed by atoms with van der Waals surface area (Å²) in [6.07, 6.45) is 6.83. The number of likely N-dealkylation sites (tertiary alicyclic amines) is 1. The SMILES string of the molecule is O=C(c1cc(-c2ccc(F)cc2)c[nH]1)N1CCCC(Cc2nc(C3CC3)no2)C1. The van der Waals surface area contributed by atoms with Gasteiger partial charge in [-0.2, -0.15) is 4.98 Å². The molecule has 5 rings (SSSR count). The zero-order chi connectivity index (χ0) is 19.8. The highest BCUT2D eigenvalue weighted by Crippen LogP contribution is 2.38. The fraction of sp³-hybridized carbons (Fsp3) is 0.409. The van der Waals surface area contributed by atoms with Crippen molar-refractivity contribution >= 4 is 5.91 Å². The predicted molar refractivity (Wildman–Crippen MR) is 105 cm³/mol. The van der Waals surface area contributed by atoms with Crippen LogP contribution in [0.2, 0.25) is 0 Å². The lowest BCUT2D eigenvalue weighted by Gasteiger charge is -2.31. The summed E-state index contributed by atoms with van der Waals surface area (Å²) in [6.45, 7) is 1.43. The Morgan fingerprint density at radius 2 is 2.03 bits per heavy atom. The molecule has 0 radical (unpaired) electrons. The number of hydrogen-bond donors (Lipinski definition) is 1. The largest absolute Gasteiger partial charge is 0.357 e. The number of carbonyl (C=O) groups excluding carboxylic acids is 1. The van der Waals surface area contributed by atoms with E-state index < -0.39 is 0 Å². The molecule has 3 aromatic rings. The van der Waals surface area contributed by atoms with Crippen LogP contribution in [0.5, 0.6) is 0 Å². The van der Waals surface area contributed by atoms with Crippen molar-refractivity contribution in [2.24, 2.45) is 5.92 Å².